The van der Waals surface area contributed by atoms with Crippen molar-refractivity contribution >= 4 is 29.0 Å². The van der Waals surface area contributed by atoms with E-state index in [9.17, 15) is 18.3 Å². The summed E-state index contributed by atoms with van der Waals surface area (Å²) in [5.41, 5.74) is -2.10. The van der Waals surface area contributed by atoms with Gasteiger partial charge in [0.15, 0.2) is 5.60 Å². The fourth-order valence-corrected chi connectivity index (χ4v) is 4.87. The summed E-state index contributed by atoms with van der Waals surface area (Å²) in [6.07, 6.45) is -2.20. The standard InChI is InChI=1S/C17H19F3N2OS2.C5H12N2O2/c1-16(23,17(18,19)20)13-4-6-14(7-5-13)21-8-10-22(11-9-21)25-15-3-2-12-24-15;1-7(2-4-8)3-5-9-6/h2-7,12,23H,8-11H2,1H3;2,4,8H,3,5-6H2,1H3/b;4-2-. The Balaban J connectivity index is 0.000000387. The van der Waals surface area contributed by atoms with Crippen molar-refractivity contribution in [3.63, 3.8) is 0 Å². The molecule has 0 saturated carbocycles. The summed E-state index contributed by atoms with van der Waals surface area (Å²) in [6, 6.07) is 10.1. The minimum absolute atomic E-state index is 0.143. The molecule has 0 aliphatic carbocycles. The van der Waals surface area contributed by atoms with Crippen molar-refractivity contribution in [2.75, 3.05) is 51.3 Å². The highest BCUT2D eigenvalue weighted by Crippen LogP contribution is 2.39. The lowest BCUT2D eigenvalue weighted by Gasteiger charge is -2.35. The second kappa shape index (κ2) is 13.2. The van der Waals surface area contributed by atoms with Crippen molar-refractivity contribution in [1.29, 1.82) is 0 Å². The molecular formula is C22H31F3N4O3S2. The Kier molecular flexibility index (Phi) is 11.0. The third kappa shape index (κ3) is 8.36. The molecule has 1 aliphatic rings. The van der Waals surface area contributed by atoms with E-state index in [4.69, 9.17) is 11.0 Å². The highest BCUT2D eigenvalue weighted by molar-refractivity contribution is 7.98. The topological polar surface area (TPSA) is 85.4 Å². The number of nitrogens with two attached hydrogens (primary N) is 1. The third-order valence-electron chi connectivity index (χ3n) is 5.18. The Morgan fingerprint density at radius 2 is 1.82 bits per heavy atom. The van der Waals surface area contributed by atoms with Crippen LogP contribution < -0.4 is 10.8 Å². The van der Waals surface area contributed by atoms with Gasteiger partial charge >= 0.3 is 6.18 Å². The number of halogens is 3. The normalized spacial score (nSPS) is 16.7. The lowest BCUT2D eigenvalue weighted by atomic mass is 9.95. The summed E-state index contributed by atoms with van der Waals surface area (Å²) < 4.78 is 42.3. The van der Waals surface area contributed by atoms with Crippen LogP contribution in [0.3, 0.4) is 0 Å². The van der Waals surface area contributed by atoms with Crippen LogP contribution in [0, 0.1) is 0 Å². The summed E-state index contributed by atoms with van der Waals surface area (Å²) in [7, 11) is 1.81. The van der Waals surface area contributed by atoms with Gasteiger partial charge in [0.25, 0.3) is 0 Å². The number of rotatable bonds is 8. The van der Waals surface area contributed by atoms with Crippen LogP contribution in [0.4, 0.5) is 18.9 Å². The molecule has 0 bridgehead atoms. The molecule has 1 fully saturated rings. The number of hydrogen-bond acceptors (Lipinski definition) is 9. The zero-order valence-corrected chi connectivity index (χ0v) is 20.7. The van der Waals surface area contributed by atoms with Gasteiger partial charge in [0.1, 0.15) is 0 Å². The number of likely N-dealkylation sites (N-methyl/N-ethyl adjacent to an activating group) is 1. The lowest BCUT2D eigenvalue weighted by molar-refractivity contribution is -0.258. The number of anilines is 1. The van der Waals surface area contributed by atoms with Gasteiger partial charge < -0.3 is 24.9 Å². The average molecular weight is 521 g/mol. The summed E-state index contributed by atoms with van der Waals surface area (Å²) in [5, 5.41) is 20.0. The maximum Gasteiger partial charge on any atom is 0.421 e. The lowest BCUT2D eigenvalue weighted by Crippen LogP contribution is -2.43. The van der Waals surface area contributed by atoms with E-state index in [-0.39, 0.29) is 5.56 Å². The van der Waals surface area contributed by atoms with Crippen molar-refractivity contribution in [3.05, 3.63) is 59.8 Å². The van der Waals surface area contributed by atoms with Gasteiger partial charge in [0, 0.05) is 51.7 Å². The van der Waals surface area contributed by atoms with Crippen LogP contribution in [-0.4, -0.2) is 72.0 Å². The SMILES string of the molecule is CC(O)(c1ccc(N2CCN(Sc3cccs3)CC2)cc1)C(F)(F)F.CN(/C=C\O)CCON. The number of piperazine rings is 1. The molecule has 1 aromatic heterocycles. The molecule has 190 valence electrons. The number of hydrogen-bond donors (Lipinski definition) is 3. The number of aliphatic hydroxyl groups excluding tert-OH is 1. The first kappa shape index (κ1) is 28.3. The van der Waals surface area contributed by atoms with E-state index in [0.29, 0.717) is 13.2 Å². The first-order valence-corrected chi connectivity index (χ1v) is 12.2. The summed E-state index contributed by atoms with van der Waals surface area (Å²) in [4.78, 5) is 8.21. The number of nitrogens with zero attached hydrogens (tertiary/aromatic N) is 3. The molecule has 34 heavy (non-hydrogen) atoms. The van der Waals surface area contributed by atoms with E-state index in [0.717, 1.165) is 45.1 Å². The zero-order valence-electron chi connectivity index (χ0n) is 19.1. The molecule has 1 aromatic carbocycles. The number of alkyl halides is 3. The quantitative estimate of drug-likeness (QED) is 0.272. The Morgan fingerprint density at radius 3 is 2.32 bits per heavy atom. The van der Waals surface area contributed by atoms with Crippen molar-refractivity contribution < 1.29 is 28.2 Å². The van der Waals surface area contributed by atoms with Gasteiger partial charge in [-0.05, 0) is 48.0 Å². The average Bonchev–Trinajstić information content (AvgIpc) is 3.31. The molecule has 12 heteroatoms. The minimum Gasteiger partial charge on any atom is -0.514 e. The van der Waals surface area contributed by atoms with Gasteiger partial charge in [-0.2, -0.15) is 13.2 Å². The molecule has 0 spiro atoms. The first-order valence-electron chi connectivity index (χ1n) is 10.5. The number of thiophene rings is 1. The van der Waals surface area contributed by atoms with Gasteiger partial charge in [0.2, 0.25) is 0 Å². The van der Waals surface area contributed by atoms with E-state index in [1.807, 2.05) is 13.1 Å². The molecule has 7 nitrogen and oxygen atoms in total. The van der Waals surface area contributed by atoms with Crippen LogP contribution in [0.15, 0.2) is 58.4 Å². The van der Waals surface area contributed by atoms with Crippen LogP contribution in [0.2, 0.25) is 0 Å². The second-order valence-corrected chi connectivity index (χ2v) is 10.1. The van der Waals surface area contributed by atoms with Crippen molar-refractivity contribution in [1.82, 2.24) is 9.21 Å². The maximum absolute atomic E-state index is 12.9. The fraction of sp³-hybridized carbons (Fsp3) is 0.455. The predicted molar refractivity (Wildman–Crippen MR) is 131 cm³/mol. The number of aliphatic hydroxyl groups is 2. The molecule has 1 aliphatic heterocycles. The summed E-state index contributed by atoms with van der Waals surface area (Å²) >= 11 is 3.46. The molecule has 4 N–H and O–H groups in total. The first-order chi connectivity index (χ1) is 16.1. The van der Waals surface area contributed by atoms with Crippen LogP contribution in [0.25, 0.3) is 0 Å². The van der Waals surface area contributed by atoms with Gasteiger partial charge in [-0.1, -0.05) is 18.2 Å². The van der Waals surface area contributed by atoms with E-state index in [2.05, 4.69) is 25.5 Å². The van der Waals surface area contributed by atoms with Crippen LogP contribution in [0.5, 0.6) is 0 Å². The Hall–Kier alpha value is -1.96. The Morgan fingerprint density at radius 1 is 1.18 bits per heavy atom. The zero-order chi connectivity index (χ0) is 25.2. The maximum atomic E-state index is 12.9. The molecule has 1 saturated heterocycles. The van der Waals surface area contributed by atoms with Gasteiger partial charge in [-0.25, -0.2) is 10.2 Å². The molecule has 1 unspecified atom stereocenters. The fourth-order valence-electron chi connectivity index (χ4n) is 3.03. The van der Waals surface area contributed by atoms with E-state index in [1.54, 1.807) is 40.3 Å². The molecule has 2 heterocycles. The minimum atomic E-state index is -4.70. The smallest absolute Gasteiger partial charge is 0.421 e. The second-order valence-electron chi connectivity index (χ2n) is 7.71. The van der Waals surface area contributed by atoms with E-state index in [1.165, 1.54) is 22.5 Å². The van der Waals surface area contributed by atoms with E-state index < -0.39 is 11.8 Å². The van der Waals surface area contributed by atoms with Crippen LogP contribution >= 0.6 is 23.3 Å². The highest BCUT2D eigenvalue weighted by Gasteiger charge is 2.51. The number of benzene rings is 1. The van der Waals surface area contributed by atoms with Crippen molar-refractivity contribution in [3.8, 4) is 0 Å². The largest absolute Gasteiger partial charge is 0.514 e. The van der Waals surface area contributed by atoms with Crippen molar-refractivity contribution in [2.24, 2.45) is 5.90 Å². The Labute approximate surface area is 206 Å². The predicted octanol–water partition coefficient (Wildman–Crippen LogP) is 4.18. The summed E-state index contributed by atoms with van der Waals surface area (Å²) in [5.74, 6) is 4.76. The molecule has 2 aromatic rings. The Bertz CT molecular complexity index is 857. The van der Waals surface area contributed by atoms with Crippen molar-refractivity contribution in [2.45, 2.75) is 22.9 Å². The van der Waals surface area contributed by atoms with Crippen LogP contribution in [-0.2, 0) is 10.4 Å². The molecular weight excluding hydrogens is 489 g/mol. The highest BCUT2D eigenvalue weighted by atomic mass is 32.2. The summed E-state index contributed by atoms with van der Waals surface area (Å²) in [6.45, 7) is 5.30. The van der Waals surface area contributed by atoms with E-state index >= 15 is 0 Å². The molecule has 0 amide bonds. The van der Waals surface area contributed by atoms with Gasteiger partial charge in [0.05, 0.1) is 17.1 Å². The molecule has 0 radical (unpaired) electrons. The van der Waals surface area contributed by atoms with Crippen LogP contribution in [0.1, 0.15) is 12.5 Å². The molecule has 1 atom stereocenters. The monoisotopic (exact) mass is 520 g/mol. The third-order valence-corrected chi connectivity index (χ3v) is 7.30. The van der Waals surface area contributed by atoms with Gasteiger partial charge in [-0.15, -0.1) is 11.3 Å². The molecule has 3 rings (SSSR count). The van der Waals surface area contributed by atoms with Gasteiger partial charge in [-0.3, -0.25) is 0 Å².